The molecule has 0 bridgehead atoms. The van der Waals surface area contributed by atoms with Gasteiger partial charge in [-0.2, -0.15) is 0 Å². The maximum absolute atomic E-state index is 3.72. The highest BCUT2D eigenvalue weighted by atomic mass is 79.9. The summed E-state index contributed by atoms with van der Waals surface area (Å²) in [5.74, 6) is 0.635. The highest BCUT2D eigenvalue weighted by Crippen LogP contribution is 2.33. The lowest BCUT2D eigenvalue weighted by Gasteiger charge is -2.48. The van der Waals surface area contributed by atoms with Crippen LogP contribution in [-0.4, -0.2) is 24.7 Å². The average molecular weight is 325 g/mol. The second-order valence-electron chi connectivity index (χ2n) is 6.66. The number of nitrogens with one attached hydrogen (secondary N) is 1. The molecule has 1 fully saturated rings. The van der Waals surface area contributed by atoms with Crippen LogP contribution in [0.5, 0.6) is 0 Å². The minimum absolute atomic E-state index is 0.161. The summed E-state index contributed by atoms with van der Waals surface area (Å²) in [7, 11) is 0. The van der Waals surface area contributed by atoms with Crippen molar-refractivity contribution in [3.8, 4) is 0 Å². The van der Waals surface area contributed by atoms with Crippen LogP contribution < -0.4 is 10.2 Å². The standard InChI is InChI=1S/C16H25BrN2/c1-11(2)15-9-18-16(4,5)10-19(15)14-8-12(3)6-7-13(14)17/h6-8,11,15,18H,9-10H2,1-5H3. The second kappa shape index (κ2) is 5.45. The largest absolute Gasteiger partial charge is 0.364 e. The van der Waals surface area contributed by atoms with E-state index in [9.17, 15) is 0 Å². The molecule has 0 saturated carbocycles. The first kappa shape index (κ1) is 14.9. The molecule has 0 aliphatic carbocycles. The summed E-state index contributed by atoms with van der Waals surface area (Å²) in [6.07, 6.45) is 0. The van der Waals surface area contributed by atoms with Crippen LogP contribution in [0.25, 0.3) is 0 Å². The molecule has 1 atom stereocenters. The summed E-state index contributed by atoms with van der Waals surface area (Å²) < 4.78 is 1.20. The van der Waals surface area contributed by atoms with Gasteiger partial charge in [-0.05, 0) is 60.3 Å². The summed E-state index contributed by atoms with van der Waals surface area (Å²) in [6, 6.07) is 7.16. The summed E-state index contributed by atoms with van der Waals surface area (Å²) >= 11 is 3.72. The van der Waals surface area contributed by atoms with Crippen LogP contribution in [0.2, 0.25) is 0 Å². The third kappa shape index (κ3) is 3.32. The van der Waals surface area contributed by atoms with Crippen LogP contribution in [-0.2, 0) is 0 Å². The molecule has 19 heavy (non-hydrogen) atoms. The number of benzene rings is 1. The summed E-state index contributed by atoms with van der Waals surface area (Å²) in [4.78, 5) is 2.57. The Hall–Kier alpha value is -0.540. The van der Waals surface area contributed by atoms with Gasteiger partial charge in [0.1, 0.15) is 0 Å². The molecule has 1 N–H and O–H groups in total. The van der Waals surface area contributed by atoms with E-state index in [-0.39, 0.29) is 5.54 Å². The molecule has 2 rings (SSSR count). The summed E-state index contributed by atoms with van der Waals surface area (Å²) in [5.41, 5.74) is 2.81. The number of anilines is 1. The monoisotopic (exact) mass is 324 g/mol. The molecule has 1 aliphatic rings. The van der Waals surface area contributed by atoms with Crippen molar-refractivity contribution in [1.29, 1.82) is 0 Å². The molecule has 2 nitrogen and oxygen atoms in total. The number of piperazine rings is 1. The quantitative estimate of drug-likeness (QED) is 0.885. The van der Waals surface area contributed by atoms with Crippen molar-refractivity contribution in [2.45, 2.75) is 46.2 Å². The second-order valence-corrected chi connectivity index (χ2v) is 7.51. The van der Waals surface area contributed by atoms with Crippen LogP contribution >= 0.6 is 15.9 Å². The predicted molar refractivity (Wildman–Crippen MR) is 86.9 cm³/mol. The molecule has 1 heterocycles. The fourth-order valence-electron chi connectivity index (χ4n) is 2.79. The Kier molecular flexibility index (Phi) is 4.26. The van der Waals surface area contributed by atoms with E-state index < -0.39 is 0 Å². The molecule has 3 heteroatoms. The molecule has 1 aliphatic heterocycles. The lowest BCUT2D eigenvalue weighted by Crippen LogP contribution is -2.63. The van der Waals surface area contributed by atoms with Crippen molar-refractivity contribution < 1.29 is 0 Å². The van der Waals surface area contributed by atoms with Gasteiger partial charge in [-0.15, -0.1) is 0 Å². The average Bonchev–Trinajstić information content (AvgIpc) is 2.30. The number of nitrogens with zero attached hydrogens (tertiary/aromatic N) is 1. The fourth-order valence-corrected chi connectivity index (χ4v) is 3.27. The Bertz CT molecular complexity index is 454. The molecule has 0 spiro atoms. The van der Waals surface area contributed by atoms with E-state index in [4.69, 9.17) is 0 Å². The predicted octanol–water partition coefficient (Wildman–Crippen LogP) is 3.97. The Morgan fingerprint density at radius 2 is 2.05 bits per heavy atom. The van der Waals surface area contributed by atoms with Crippen LogP contribution in [0.3, 0.4) is 0 Å². The Labute approximate surface area is 125 Å². The maximum Gasteiger partial charge on any atom is 0.0516 e. The van der Waals surface area contributed by atoms with Gasteiger partial charge in [0.2, 0.25) is 0 Å². The zero-order chi connectivity index (χ0) is 14.2. The lowest BCUT2D eigenvalue weighted by atomic mass is 9.92. The van der Waals surface area contributed by atoms with E-state index >= 15 is 0 Å². The maximum atomic E-state index is 3.72. The van der Waals surface area contributed by atoms with E-state index in [1.807, 2.05) is 0 Å². The normalized spacial score (nSPS) is 22.9. The third-order valence-electron chi connectivity index (χ3n) is 3.94. The van der Waals surface area contributed by atoms with Gasteiger partial charge < -0.3 is 10.2 Å². The van der Waals surface area contributed by atoms with Crippen LogP contribution in [0.1, 0.15) is 33.3 Å². The molecule has 1 aromatic carbocycles. The van der Waals surface area contributed by atoms with Gasteiger partial charge in [-0.1, -0.05) is 19.9 Å². The minimum Gasteiger partial charge on any atom is -0.364 e. The first-order valence-corrected chi connectivity index (χ1v) is 7.87. The topological polar surface area (TPSA) is 15.3 Å². The molecule has 0 amide bonds. The van der Waals surface area contributed by atoms with Gasteiger partial charge in [-0.25, -0.2) is 0 Å². The Morgan fingerprint density at radius 1 is 1.37 bits per heavy atom. The van der Waals surface area contributed by atoms with Crippen LogP contribution in [0.4, 0.5) is 5.69 Å². The van der Waals surface area contributed by atoms with Crippen molar-refractivity contribution in [1.82, 2.24) is 5.32 Å². The molecular formula is C16H25BrN2. The molecule has 0 aromatic heterocycles. The number of aryl methyl sites for hydroxylation is 1. The van der Waals surface area contributed by atoms with E-state index in [2.05, 4.69) is 79.0 Å². The SMILES string of the molecule is Cc1ccc(Br)c(N2CC(C)(C)NCC2C(C)C)c1. The van der Waals surface area contributed by atoms with E-state index in [0.717, 1.165) is 13.1 Å². The summed E-state index contributed by atoms with van der Waals surface area (Å²) in [6.45, 7) is 13.4. The highest BCUT2D eigenvalue weighted by Gasteiger charge is 2.34. The van der Waals surface area contributed by atoms with Gasteiger partial charge in [0.25, 0.3) is 0 Å². The van der Waals surface area contributed by atoms with Crippen molar-refractivity contribution >= 4 is 21.6 Å². The van der Waals surface area contributed by atoms with E-state index in [1.54, 1.807) is 0 Å². The van der Waals surface area contributed by atoms with Gasteiger partial charge in [0.05, 0.1) is 5.69 Å². The van der Waals surface area contributed by atoms with Crippen LogP contribution in [0, 0.1) is 12.8 Å². The van der Waals surface area contributed by atoms with Gasteiger partial charge in [0, 0.05) is 29.1 Å². The number of halogens is 1. The number of rotatable bonds is 2. The first-order valence-electron chi connectivity index (χ1n) is 7.08. The molecule has 106 valence electrons. The smallest absolute Gasteiger partial charge is 0.0516 e. The molecule has 1 aromatic rings. The van der Waals surface area contributed by atoms with Crippen molar-refractivity contribution in [2.75, 3.05) is 18.0 Å². The van der Waals surface area contributed by atoms with Crippen molar-refractivity contribution in [3.05, 3.63) is 28.2 Å². The first-order chi connectivity index (χ1) is 8.80. The lowest BCUT2D eigenvalue weighted by molar-refractivity contribution is 0.277. The van der Waals surface area contributed by atoms with Crippen LogP contribution in [0.15, 0.2) is 22.7 Å². The van der Waals surface area contributed by atoms with E-state index in [0.29, 0.717) is 12.0 Å². The summed E-state index contributed by atoms with van der Waals surface area (Å²) in [5, 5.41) is 3.67. The molecule has 1 unspecified atom stereocenters. The Morgan fingerprint density at radius 3 is 2.68 bits per heavy atom. The van der Waals surface area contributed by atoms with Gasteiger partial charge in [-0.3, -0.25) is 0 Å². The number of hydrogen-bond donors (Lipinski definition) is 1. The van der Waals surface area contributed by atoms with Crippen molar-refractivity contribution in [2.24, 2.45) is 5.92 Å². The zero-order valence-corrected chi connectivity index (χ0v) is 14.2. The van der Waals surface area contributed by atoms with E-state index in [1.165, 1.54) is 15.7 Å². The molecular weight excluding hydrogens is 300 g/mol. The van der Waals surface area contributed by atoms with Crippen molar-refractivity contribution in [3.63, 3.8) is 0 Å². The minimum atomic E-state index is 0.161. The molecule has 1 saturated heterocycles. The molecule has 0 radical (unpaired) electrons. The van der Waals surface area contributed by atoms with Gasteiger partial charge >= 0.3 is 0 Å². The van der Waals surface area contributed by atoms with Gasteiger partial charge in [0.15, 0.2) is 0 Å². The zero-order valence-electron chi connectivity index (χ0n) is 12.6. The fraction of sp³-hybridized carbons (Fsp3) is 0.625. The Balaban J connectivity index is 2.39. The highest BCUT2D eigenvalue weighted by molar-refractivity contribution is 9.10. The third-order valence-corrected chi connectivity index (χ3v) is 4.61. The number of hydrogen-bond acceptors (Lipinski definition) is 2.